The largest absolute Gasteiger partial charge is 0.494 e. The fourth-order valence-corrected chi connectivity index (χ4v) is 6.99. The Morgan fingerprint density at radius 1 is 0.627 bits per heavy atom. The van der Waals surface area contributed by atoms with Gasteiger partial charge in [0.05, 0.1) is 12.2 Å². The molecule has 4 heteroatoms. The molecule has 0 saturated carbocycles. The van der Waals surface area contributed by atoms with Gasteiger partial charge < -0.3 is 14.2 Å². The second-order valence-electron chi connectivity index (χ2n) is 14.3. The molecule has 0 bridgehead atoms. The molecule has 272 valence electrons. The number of carbonyl (C=O) groups excluding carboxylic acids is 1. The van der Waals surface area contributed by atoms with Crippen LogP contribution in [0.25, 0.3) is 11.1 Å². The first kappa shape index (κ1) is 38.2. The van der Waals surface area contributed by atoms with E-state index in [-0.39, 0.29) is 12.1 Å². The molecule has 1 aliphatic rings. The summed E-state index contributed by atoms with van der Waals surface area (Å²) < 4.78 is 18.1. The summed E-state index contributed by atoms with van der Waals surface area (Å²) in [6.45, 7) is 5.30. The van der Waals surface area contributed by atoms with Gasteiger partial charge >= 0.3 is 5.97 Å². The molecule has 0 radical (unpaired) electrons. The zero-order valence-corrected chi connectivity index (χ0v) is 31.3. The Hall–Kier alpha value is -4.05. The number of hydrogen-bond acceptors (Lipinski definition) is 4. The predicted octanol–water partition coefficient (Wildman–Crippen LogP) is 13.5. The molecule has 4 nitrogen and oxygen atoms in total. The third kappa shape index (κ3) is 12.6. The van der Waals surface area contributed by atoms with E-state index in [1.54, 1.807) is 6.07 Å². The van der Waals surface area contributed by atoms with Crippen LogP contribution in [0.15, 0.2) is 91.0 Å². The van der Waals surface area contributed by atoms with Gasteiger partial charge in [0.15, 0.2) is 0 Å². The van der Waals surface area contributed by atoms with Crippen molar-refractivity contribution in [2.45, 2.75) is 136 Å². The standard InChI is InChI=1S/C47H60O4/c1-3-5-7-9-10-11-12-13-15-17-35-49-43-29-23-38(24-30-43)39-25-31-44(32-26-39)50-47(48)42-28-34-46-41(36-42)27-33-45(51-46)40-21-19-37(20-22-40)18-16-14-8-6-4-2/h19-26,28-32,34,36,45H,3-18,27,33,35H2,1-2H3/t45-/m1/s1. The Morgan fingerprint density at radius 3 is 1.82 bits per heavy atom. The number of rotatable bonds is 22. The first-order valence-corrected chi connectivity index (χ1v) is 20.1. The van der Waals surface area contributed by atoms with Gasteiger partial charge in [0.1, 0.15) is 23.4 Å². The molecule has 0 spiro atoms. The Morgan fingerprint density at radius 2 is 1.20 bits per heavy atom. The van der Waals surface area contributed by atoms with Gasteiger partial charge in [-0.05, 0) is 102 Å². The number of unbranched alkanes of at least 4 members (excludes halogenated alkanes) is 13. The van der Waals surface area contributed by atoms with Gasteiger partial charge in [0.25, 0.3) is 0 Å². The Bertz CT molecular complexity index is 1570. The molecule has 4 aromatic carbocycles. The Kier molecular flexibility index (Phi) is 16.0. The van der Waals surface area contributed by atoms with Crippen molar-refractivity contribution >= 4 is 5.97 Å². The average Bonchev–Trinajstić information content (AvgIpc) is 3.17. The highest BCUT2D eigenvalue weighted by atomic mass is 16.5. The first-order chi connectivity index (χ1) is 25.1. The van der Waals surface area contributed by atoms with Crippen LogP contribution in [0.2, 0.25) is 0 Å². The summed E-state index contributed by atoms with van der Waals surface area (Å²) in [5, 5.41) is 0. The molecule has 5 rings (SSSR count). The molecular weight excluding hydrogens is 629 g/mol. The van der Waals surface area contributed by atoms with Gasteiger partial charge in [-0.1, -0.05) is 146 Å². The number of ether oxygens (including phenoxy) is 3. The van der Waals surface area contributed by atoms with Gasteiger partial charge in [-0.25, -0.2) is 4.79 Å². The molecule has 0 aliphatic carbocycles. The zero-order valence-electron chi connectivity index (χ0n) is 31.3. The fourth-order valence-electron chi connectivity index (χ4n) is 6.99. The summed E-state index contributed by atoms with van der Waals surface area (Å²) in [4.78, 5) is 13.1. The topological polar surface area (TPSA) is 44.8 Å². The molecule has 1 atom stereocenters. The van der Waals surface area contributed by atoms with Crippen molar-refractivity contribution in [3.63, 3.8) is 0 Å². The van der Waals surface area contributed by atoms with Crippen LogP contribution in [0.5, 0.6) is 17.2 Å². The molecular formula is C47H60O4. The number of benzene rings is 4. The van der Waals surface area contributed by atoms with Crippen molar-refractivity contribution in [3.8, 4) is 28.4 Å². The number of hydrogen-bond donors (Lipinski definition) is 0. The number of aryl methyl sites for hydroxylation is 2. The summed E-state index contributed by atoms with van der Waals surface area (Å²) in [6.07, 6.45) is 22.7. The van der Waals surface area contributed by atoms with Crippen molar-refractivity contribution in [2.75, 3.05) is 6.61 Å². The molecule has 1 aliphatic heterocycles. The lowest BCUT2D eigenvalue weighted by atomic mass is 9.95. The minimum atomic E-state index is -0.359. The van der Waals surface area contributed by atoms with Crippen molar-refractivity contribution in [1.82, 2.24) is 0 Å². The molecule has 0 N–H and O–H groups in total. The highest BCUT2D eigenvalue weighted by molar-refractivity contribution is 5.91. The Balaban J connectivity index is 1.02. The van der Waals surface area contributed by atoms with Gasteiger partial charge in [-0.15, -0.1) is 0 Å². The lowest BCUT2D eigenvalue weighted by Crippen LogP contribution is -2.16. The smallest absolute Gasteiger partial charge is 0.343 e. The van der Waals surface area contributed by atoms with E-state index in [1.807, 2.05) is 48.5 Å². The Labute approximate surface area is 307 Å². The van der Waals surface area contributed by atoms with Crippen LogP contribution < -0.4 is 14.2 Å². The van der Waals surface area contributed by atoms with Crippen LogP contribution in [-0.2, 0) is 12.8 Å². The average molecular weight is 689 g/mol. The molecule has 0 unspecified atom stereocenters. The monoisotopic (exact) mass is 688 g/mol. The third-order valence-corrected chi connectivity index (χ3v) is 10.2. The molecule has 4 aromatic rings. The zero-order chi connectivity index (χ0) is 35.5. The summed E-state index contributed by atoms with van der Waals surface area (Å²) in [6, 6.07) is 30.5. The highest BCUT2D eigenvalue weighted by Gasteiger charge is 2.23. The van der Waals surface area contributed by atoms with Gasteiger partial charge in [-0.2, -0.15) is 0 Å². The molecule has 0 amide bonds. The normalized spacial score (nSPS) is 13.7. The van der Waals surface area contributed by atoms with Gasteiger partial charge in [-0.3, -0.25) is 0 Å². The third-order valence-electron chi connectivity index (χ3n) is 10.2. The van der Waals surface area contributed by atoms with Crippen molar-refractivity contribution in [2.24, 2.45) is 0 Å². The molecule has 0 aromatic heterocycles. The van der Waals surface area contributed by atoms with Crippen LogP contribution in [0.1, 0.15) is 150 Å². The quantitative estimate of drug-likeness (QED) is 0.0468. The van der Waals surface area contributed by atoms with Crippen LogP contribution in [0, 0.1) is 0 Å². The molecule has 51 heavy (non-hydrogen) atoms. The fraction of sp³-hybridized carbons (Fsp3) is 0.468. The summed E-state index contributed by atoms with van der Waals surface area (Å²) >= 11 is 0. The van der Waals surface area contributed by atoms with E-state index in [9.17, 15) is 4.79 Å². The van der Waals surface area contributed by atoms with E-state index in [1.165, 1.54) is 101 Å². The van der Waals surface area contributed by atoms with Crippen molar-refractivity contribution in [1.29, 1.82) is 0 Å². The maximum absolute atomic E-state index is 13.1. The SMILES string of the molecule is CCCCCCCCCCCCOc1ccc(-c2ccc(OC(=O)c3ccc4c(c3)CC[C@H](c3ccc(CCCCCCC)cc3)O4)cc2)cc1. The number of fused-ring (bicyclic) bond motifs is 1. The minimum absolute atomic E-state index is 0.0329. The maximum atomic E-state index is 13.1. The van der Waals surface area contributed by atoms with Crippen molar-refractivity contribution in [3.05, 3.63) is 113 Å². The van der Waals surface area contributed by atoms with E-state index >= 15 is 0 Å². The van der Waals surface area contributed by atoms with Crippen molar-refractivity contribution < 1.29 is 19.0 Å². The molecule has 0 saturated heterocycles. The second-order valence-corrected chi connectivity index (χ2v) is 14.3. The first-order valence-electron chi connectivity index (χ1n) is 20.1. The van der Waals surface area contributed by atoms with E-state index in [0.717, 1.165) is 60.5 Å². The predicted molar refractivity (Wildman–Crippen MR) is 211 cm³/mol. The van der Waals surface area contributed by atoms with E-state index in [4.69, 9.17) is 14.2 Å². The summed E-state index contributed by atoms with van der Waals surface area (Å²) in [5.41, 5.74) is 6.37. The number of carbonyl (C=O) groups is 1. The lowest BCUT2D eigenvalue weighted by Gasteiger charge is -2.27. The van der Waals surface area contributed by atoms with Crippen LogP contribution >= 0.6 is 0 Å². The van der Waals surface area contributed by atoms with Gasteiger partial charge in [0, 0.05) is 0 Å². The maximum Gasteiger partial charge on any atom is 0.343 e. The molecule has 0 fully saturated rings. The van der Waals surface area contributed by atoms with E-state index in [2.05, 4.69) is 50.2 Å². The molecule has 1 heterocycles. The summed E-state index contributed by atoms with van der Waals surface area (Å²) in [5.74, 6) is 1.92. The van der Waals surface area contributed by atoms with Crippen LogP contribution in [-0.4, -0.2) is 12.6 Å². The summed E-state index contributed by atoms with van der Waals surface area (Å²) in [7, 11) is 0. The van der Waals surface area contributed by atoms with Crippen LogP contribution in [0.4, 0.5) is 0 Å². The highest BCUT2D eigenvalue weighted by Crippen LogP contribution is 2.36. The van der Waals surface area contributed by atoms with Crippen LogP contribution in [0.3, 0.4) is 0 Å². The second kappa shape index (κ2) is 21.3. The van der Waals surface area contributed by atoms with Gasteiger partial charge in [0.2, 0.25) is 0 Å². The van der Waals surface area contributed by atoms with E-state index < -0.39 is 0 Å². The lowest BCUT2D eigenvalue weighted by molar-refractivity contribution is 0.0734. The number of esters is 1. The van der Waals surface area contributed by atoms with E-state index in [0.29, 0.717) is 11.3 Å². The minimum Gasteiger partial charge on any atom is -0.494 e.